The Morgan fingerprint density at radius 2 is 2.08 bits per heavy atom. The second-order valence-electron chi connectivity index (χ2n) is 8.26. The van der Waals surface area contributed by atoms with Crippen LogP contribution < -0.4 is 20.7 Å². The Labute approximate surface area is 210 Å². The Hall–Kier alpha value is -4.37. The van der Waals surface area contributed by atoms with Gasteiger partial charge in [-0.1, -0.05) is 17.6 Å². The van der Waals surface area contributed by atoms with Crippen LogP contribution in [0.25, 0.3) is 10.9 Å². The fourth-order valence-corrected chi connectivity index (χ4v) is 3.97. The average Bonchev–Trinajstić information content (AvgIpc) is 2.90. The molecule has 182 valence electrons. The number of pyridine rings is 1. The van der Waals surface area contributed by atoms with Crippen molar-refractivity contribution in [1.29, 1.82) is 5.26 Å². The predicted molar refractivity (Wildman–Crippen MR) is 140 cm³/mol. The van der Waals surface area contributed by atoms with Crippen LogP contribution in [0, 0.1) is 23.7 Å². The maximum atomic E-state index is 12.9. The van der Waals surface area contributed by atoms with Crippen molar-refractivity contribution < 1.29 is 14.3 Å². The molecule has 2 heterocycles. The van der Waals surface area contributed by atoms with E-state index in [9.17, 15) is 10.1 Å². The lowest BCUT2D eigenvalue weighted by molar-refractivity contribution is -0.112. The van der Waals surface area contributed by atoms with Crippen LogP contribution in [0.4, 0.5) is 17.1 Å². The van der Waals surface area contributed by atoms with Gasteiger partial charge in [-0.15, -0.1) is 6.42 Å². The summed E-state index contributed by atoms with van der Waals surface area (Å²) in [6.07, 6.45) is 10.4. The Kier molecular flexibility index (Phi) is 8.15. The molecule has 1 saturated heterocycles. The van der Waals surface area contributed by atoms with Crippen LogP contribution in [0.2, 0.25) is 0 Å². The highest BCUT2D eigenvalue weighted by molar-refractivity contribution is 6.05. The second kappa shape index (κ2) is 11.9. The van der Waals surface area contributed by atoms with Gasteiger partial charge in [-0.25, -0.2) is 0 Å². The van der Waals surface area contributed by atoms with Crippen LogP contribution in [0.1, 0.15) is 24.0 Å². The highest BCUT2D eigenvalue weighted by Crippen LogP contribution is 2.36. The summed E-state index contributed by atoms with van der Waals surface area (Å²) in [5.74, 6) is 2.85. The number of hydrogen-bond donors (Lipinski definition) is 3. The van der Waals surface area contributed by atoms with Crippen LogP contribution in [0.15, 0.2) is 54.2 Å². The maximum Gasteiger partial charge on any atom is 0.248 e. The van der Waals surface area contributed by atoms with Crippen molar-refractivity contribution in [3.63, 3.8) is 0 Å². The van der Waals surface area contributed by atoms with Gasteiger partial charge in [0.15, 0.2) is 0 Å². The molecule has 1 aromatic heterocycles. The molecule has 8 heteroatoms. The number of nitrogens with one attached hydrogen (secondary N) is 3. The number of carbonyl (C=O) groups excluding carboxylic acids is 1. The van der Waals surface area contributed by atoms with Crippen LogP contribution in [0.5, 0.6) is 5.75 Å². The number of aromatic nitrogens is 1. The summed E-state index contributed by atoms with van der Waals surface area (Å²) in [6, 6.07) is 13.1. The molecule has 0 bridgehead atoms. The van der Waals surface area contributed by atoms with Gasteiger partial charge < -0.3 is 25.4 Å². The Bertz CT molecular complexity index is 1380. The van der Waals surface area contributed by atoms with Crippen molar-refractivity contribution in [2.24, 2.45) is 0 Å². The smallest absolute Gasteiger partial charge is 0.248 e. The summed E-state index contributed by atoms with van der Waals surface area (Å²) in [5, 5.41) is 20.0. The Morgan fingerprint density at radius 3 is 2.83 bits per heavy atom. The van der Waals surface area contributed by atoms with Crippen molar-refractivity contribution in [2.45, 2.75) is 12.8 Å². The van der Waals surface area contributed by atoms with Gasteiger partial charge in [0.05, 0.1) is 29.1 Å². The molecule has 36 heavy (non-hydrogen) atoms. The lowest BCUT2D eigenvalue weighted by atomic mass is 10.0. The monoisotopic (exact) mass is 481 g/mol. The normalized spacial score (nSPS) is 12.9. The molecule has 0 radical (unpaired) electrons. The number of methoxy groups -OCH3 is 1. The third kappa shape index (κ3) is 6.00. The number of amides is 1. The van der Waals surface area contributed by atoms with Gasteiger partial charge >= 0.3 is 0 Å². The minimum Gasteiger partial charge on any atom is -0.489 e. The quantitative estimate of drug-likeness (QED) is 0.252. The topological polar surface area (TPSA) is 108 Å². The van der Waals surface area contributed by atoms with Gasteiger partial charge in [0.2, 0.25) is 5.91 Å². The predicted octanol–water partition coefficient (Wildman–Crippen LogP) is 4.10. The molecule has 0 unspecified atom stereocenters. The maximum absolute atomic E-state index is 12.9. The molecule has 0 saturated carbocycles. The number of terminal acetylenes is 1. The van der Waals surface area contributed by atoms with Crippen LogP contribution in [0.3, 0.4) is 0 Å². The summed E-state index contributed by atoms with van der Waals surface area (Å²) in [5.41, 5.74) is 4.54. The fraction of sp³-hybridized carbons (Fsp3) is 0.250. The highest BCUT2D eigenvalue weighted by Gasteiger charge is 2.16. The van der Waals surface area contributed by atoms with Gasteiger partial charge in [-0.05, 0) is 50.2 Å². The Balaban J connectivity index is 1.76. The first-order valence-electron chi connectivity index (χ1n) is 11.6. The number of nitrogens with zero attached hydrogens (tertiary/aromatic N) is 2. The van der Waals surface area contributed by atoms with E-state index in [1.165, 1.54) is 6.20 Å². The first kappa shape index (κ1) is 24.7. The largest absolute Gasteiger partial charge is 0.489 e. The van der Waals surface area contributed by atoms with Crippen LogP contribution in [-0.2, 0) is 9.53 Å². The van der Waals surface area contributed by atoms with Gasteiger partial charge in [-0.2, -0.15) is 5.26 Å². The van der Waals surface area contributed by atoms with E-state index in [0.717, 1.165) is 37.2 Å². The first-order valence-corrected chi connectivity index (χ1v) is 11.6. The van der Waals surface area contributed by atoms with E-state index in [1.54, 1.807) is 25.3 Å². The zero-order valence-electron chi connectivity index (χ0n) is 20.1. The summed E-state index contributed by atoms with van der Waals surface area (Å²) >= 11 is 0. The minimum absolute atomic E-state index is 0.233. The van der Waals surface area contributed by atoms with E-state index < -0.39 is 0 Å². The standard InChI is InChI=1S/C28H27N5O3/c1-3-19-5-4-6-22(13-19)32-28-21(17-29)18-31-24-16-26(36-12-11-35-2)25(15-23(24)28)33-27(34)14-20-7-9-30-10-8-20/h1,4-6,13-16,18,30H,7-12H2,2H3,(H,31,32)(H,33,34). The van der Waals surface area contributed by atoms with Gasteiger partial charge in [0, 0.05) is 42.1 Å². The Morgan fingerprint density at radius 1 is 1.25 bits per heavy atom. The lowest BCUT2D eigenvalue weighted by Crippen LogP contribution is -2.24. The molecular weight excluding hydrogens is 454 g/mol. The van der Waals surface area contributed by atoms with E-state index >= 15 is 0 Å². The van der Waals surface area contributed by atoms with E-state index in [1.807, 2.05) is 24.3 Å². The SMILES string of the molecule is C#Cc1cccc(Nc2c(C#N)cnc3cc(OCCOC)c(NC(=O)C=C4CCNCC4)cc23)c1. The van der Waals surface area contributed by atoms with Crippen molar-refractivity contribution >= 4 is 33.9 Å². The molecule has 0 atom stereocenters. The van der Waals surface area contributed by atoms with Gasteiger partial charge in [0.25, 0.3) is 0 Å². The number of nitriles is 1. The van der Waals surface area contributed by atoms with Gasteiger partial charge in [-0.3, -0.25) is 9.78 Å². The second-order valence-corrected chi connectivity index (χ2v) is 8.26. The van der Waals surface area contributed by atoms with Crippen LogP contribution >= 0.6 is 0 Å². The zero-order chi connectivity index (χ0) is 25.3. The summed E-state index contributed by atoms with van der Waals surface area (Å²) in [7, 11) is 1.59. The third-order valence-electron chi connectivity index (χ3n) is 5.77. The molecule has 3 N–H and O–H groups in total. The minimum atomic E-state index is -0.233. The number of benzene rings is 2. The highest BCUT2D eigenvalue weighted by atomic mass is 16.5. The molecule has 0 aliphatic carbocycles. The molecule has 2 aromatic carbocycles. The average molecular weight is 482 g/mol. The molecular formula is C28H27N5O3. The lowest BCUT2D eigenvalue weighted by Gasteiger charge is -2.17. The molecule has 1 fully saturated rings. The van der Waals surface area contributed by atoms with Crippen molar-refractivity contribution in [3.8, 4) is 24.2 Å². The van der Waals surface area contributed by atoms with Crippen molar-refractivity contribution in [1.82, 2.24) is 10.3 Å². The van der Waals surface area contributed by atoms with Crippen LogP contribution in [-0.4, -0.2) is 44.3 Å². The summed E-state index contributed by atoms with van der Waals surface area (Å²) < 4.78 is 11.0. The zero-order valence-corrected chi connectivity index (χ0v) is 20.1. The molecule has 1 amide bonds. The number of anilines is 3. The van der Waals surface area contributed by atoms with Gasteiger partial charge in [0.1, 0.15) is 18.4 Å². The molecule has 4 rings (SSSR count). The first-order chi connectivity index (χ1) is 17.6. The van der Waals surface area contributed by atoms with E-state index in [2.05, 4.69) is 32.9 Å². The van der Waals surface area contributed by atoms with E-state index in [0.29, 0.717) is 52.4 Å². The molecule has 0 spiro atoms. The number of hydrogen-bond acceptors (Lipinski definition) is 7. The number of fused-ring (bicyclic) bond motifs is 1. The van der Waals surface area contributed by atoms with Crippen molar-refractivity contribution in [2.75, 3.05) is 44.0 Å². The summed E-state index contributed by atoms with van der Waals surface area (Å²) in [6.45, 7) is 2.41. The van der Waals surface area contributed by atoms with E-state index in [4.69, 9.17) is 15.9 Å². The number of carbonyl (C=O) groups is 1. The summed E-state index contributed by atoms with van der Waals surface area (Å²) in [4.78, 5) is 17.3. The molecule has 1 aliphatic rings. The number of piperidine rings is 1. The fourth-order valence-electron chi connectivity index (χ4n) is 3.97. The number of ether oxygens (including phenoxy) is 2. The molecule has 3 aromatic rings. The van der Waals surface area contributed by atoms with Crippen molar-refractivity contribution in [3.05, 3.63) is 65.4 Å². The third-order valence-corrected chi connectivity index (χ3v) is 5.77. The molecule has 8 nitrogen and oxygen atoms in total. The molecule has 1 aliphatic heterocycles. The van der Waals surface area contributed by atoms with E-state index in [-0.39, 0.29) is 5.91 Å². The number of rotatable bonds is 8.